The molecule has 0 heterocycles. The average Bonchev–Trinajstić information content (AvgIpc) is 2.74. The van der Waals surface area contributed by atoms with Gasteiger partial charge in [0, 0.05) is 18.1 Å². The largest absolute Gasteiger partial charge is 0.396 e. The van der Waals surface area contributed by atoms with Crippen LogP contribution in [0.4, 0.5) is 0 Å². The van der Waals surface area contributed by atoms with Crippen LogP contribution in [-0.4, -0.2) is 41.8 Å². The van der Waals surface area contributed by atoms with Gasteiger partial charge in [-0.15, -0.1) is 0 Å². The highest BCUT2D eigenvalue weighted by molar-refractivity contribution is 5.23. The van der Waals surface area contributed by atoms with Crippen LogP contribution < -0.4 is 5.73 Å². The van der Waals surface area contributed by atoms with E-state index in [2.05, 4.69) is 39.5 Å². The summed E-state index contributed by atoms with van der Waals surface area (Å²) in [5, 5.41) is 10.00. The highest BCUT2D eigenvalue weighted by Gasteiger charge is 2.71. The Kier molecular flexibility index (Phi) is 4.27. The Balaban J connectivity index is 2.55. The number of aliphatic hydroxyl groups is 1. The van der Waals surface area contributed by atoms with Gasteiger partial charge in [-0.2, -0.15) is 0 Å². The van der Waals surface area contributed by atoms with E-state index in [4.69, 9.17) is 5.73 Å². The van der Waals surface area contributed by atoms with E-state index in [0.29, 0.717) is 12.0 Å². The van der Waals surface area contributed by atoms with Crippen LogP contribution in [0.1, 0.15) is 53.9 Å². The molecule has 0 aromatic heterocycles. The Hall–Kier alpha value is -0.120. The highest BCUT2D eigenvalue weighted by atomic mass is 16.3. The van der Waals surface area contributed by atoms with Crippen LogP contribution in [0, 0.1) is 22.7 Å². The van der Waals surface area contributed by atoms with Crippen molar-refractivity contribution in [3.8, 4) is 0 Å². The molecule has 0 unspecified atom stereocenters. The van der Waals surface area contributed by atoms with Gasteiger partial charge in [0.2, 0.25) is 0 Å². The summed E-state index contributed by atoms with van der Waals surface area (Å²) < 4.78 is 0. The van der Waals surface area contributed by atoms with E-state index in [1.165, 1.54) is 19.3 Å². The lowest BCUT2D eigenvalue weighted by atomic mass is 9.57. The summed E-state index contributed by atoms with van der Waals surface area (Å²) in [6.45, 7) is 14.8. The van der Waals surface area contributed by atoms with E-state index >= 15 is 0 Å². The summed E-state index contributed by atoms with van der Waals surface area (Å²) in [6.07, 6.45) is 3.83. The van der Waals surface area contributed by atoms with Gasteiger partial charge in [0.15, 0.2) is 0 Å². The van der Waals surface area contributed by atoms with Gasteiger partial charge in [0.05, 0.1) is 0 Å². The lowest BCUT2D eigenvalue weighted by Gasteiger charge is -2.58. The molecule has 0 aromatic carbocycles. The third-order valence-corrected chi connectivity index (χ3v) is 7.46. The second-order valence-corrected chi connectivity index (χ2v) is 7.71. The van der Waals surface area contributed by atoms with E-state index in [0.717, 1.165) is 19.0 Å². The van der Waals surface area contributed by atoms with Gasteiger partial charge in [-0.3, -0.25) is 4.90 Å². The molecule has 2 fully saturated rings. The third-order valence-electron chi connectivity index (χ3n) is 7.46. The van der Waals surface area contributed by atoms with Crippen LogP contribution in [0.3, 0.4) is 0 Å². The Labute approximate surface area is 124 Å². The first-order chi connectivity index (χ1) is 9.35. The van der Waals surface area contributed by atoms with Crippen molar-refractivity contribution in [2.45, 2.75) is 59.4 Å². The minimum Gasteiger partial charge on any atom is -0.396 e. The molecule has 2 aliphatic carbocycles. The van der Waals surface area contributed by atoms with E-state index in [-0.39, 0.29) is 23.5 Å². The molecule has 0 aromatic rings. The number of hydrogen-bond donors (Lipinski definition) is 2. The summed E-state index contributed by atoms with van der Waals surface area (Å²) in [5.74, 6) is 0.964. The number of aliphatic hydroxyl groups excluding tert-OH is 1. The van der Waals surface area contributed by atoms with Crippen LogP contribution in [0.25, 0.3) is 0 Å². The topological polar surface area (TPSA) is 49.5 Å². The van der Waals surface area contributed by atoms with Crippen molar-refractivity contribution < 1.29 is 5.11 Å². The molecule has 2 bridgehead atoms. The molecule has 3 nitrogen and oxygen atoms in total. The molecule has 3 heteroatoms. The molecule has 2 rings (SSSR count). The first kappa shape index (κ1) is 16.3. The van der Waals surface area contributed by atoms with Gasteiger partial charge in [0.25, 0.3) is 0 Å². The minimum absolute atomic E-state index is 0.0758. The molecule has 3 N–H and O–H groups in total. The summed E-state index contributed by atoms with van der Waals surface area (Å²) in [7, 11) is 0. The molecule has 118 valence electrons. The number of fused-ring (bicyclic) bond motifs is 2. The van der Waals surface area contributed by atoms with Crippen molar-refractivity contribution >= 4 is 0 Å². The Morgan fingerprint density at radius 2 is 1.85 bits per heavy atom. The van der Waals surface area contributed by atoms with E-state index in [1.807, 2.05) is 0 Å². The molecule has 2 aliphatic rings. The van der Waals surface area contributed by atoms with Crippen molar-refractivity contribution in [1.82, 2.24) is 4.90 Å². The molecule has 0 aliphatic heterocycles. The summed E-state index contributed by atoms with van der Waals surface area (Å²) in [6, 6.07) is 0. The third kappa shape index (κ3) is 1.69. The molecular weight excluding hydrogens is 248 g/mol. The quantitative estimate of drug-likeness (QED) is 0.787. The molecule has 0 spiro atoms. The average molecular weight is 282 g/mol. The molecular formula is C17H34N2O. The van der Waals surface area contributed by atoms with Gasteiger partial charge in [0.1, 0.15) is 0 Å². The van der Waals surface area contributed by atoms with E-state index in [1.54, 1.807) is 0 Å². The van der Waals surface area contributed by atoms with Gasteiger partial charge < -0.3 is 10.8 Å². The van der Waals surface area contributed by atoms with Gasteiger partial charge in [-0.25, -0.2) is 0 Å². The van der Waals surface area contributed by atoms with Crippen LogP contribution in [0.5, 0.6) is 0 Å². The highest BCUT2D eigenvalue weighted by Crippen LogP contribution is 2.72. The normalized spacial score (nSPS) is 40.5. The van der Waals surface area contributed by atoms with Gasteiger partial charge in [-0.05, 0) is 55.6 Å². The van der Waals surface area contributed by atoms with Crippen molar-refractivity contribution in [1.29, 1.82) is 0 Å². The fraction of sp³-hybridized carbons (Fsp3) is 1.00. The Bertz CT molecular complexity index is 335. The van der Waals surface area contributed by atoms with Crippen molar-refractivity contribution in [3.63, 3.8) is 0 Å². The number of rotatable bonds is 6. The van der Waals surface area contributed by atoms with Crippen LogP contribution >= 0.6 is 0 Å². The maximum Gasteiger partial charge on any atom is 0.0489 e. The van der Waals surface area contributed by atoms with Gasteiger partial charge in [-0.1, -0.05) is 34.6 Å². The maximum absolute atomic E-state index is 10.00. The summed E-state index contributed by atoms with van der Waals surface area (Å²) in [5.41, 5.74) is 6.76. The molecule has 20 heavy (non-hydrogen) atoms. The Morgan fingerprint density at radius 1 is 1.25 bits per heavy atom. The van der Waals surface area contributed by atoms with Crippen LogP contribution in [-0.2, 0) is 0 Å². The van der Waals surface area contributed by atoms with Gasteiger partial charge >= 0.3 is 0 Å². The predicted octanol–water partition coefficient (Wildman–Crippen LogP) is 2.48. The zero-order valence-electron chi connectivity index (χ0n) is 14.1. The SMILES string of the molecule is CCN(CC)[C@@]1([C@H](CN)CO)C[C@H]2CC[C@@]1(C)C2(C)C. The smallest absolute Gasteiger partial charge is 0.0489 e. The predicted molar refractivity (Wildman–Crippen MR) is 84.5 cm³/mol. The summed E-state index contributed by atoms with van der Waals surface area (Å²) >= 11 is 0. The molecule has 0 saturated heterocycles. The lowest BCUT2D eigenvalue weighted by Crippen LogP contribution is -2.65. The van der Waals surface area contributed by atoms with E-state index in [9.17, 15) is 5.11 Å². The first-order valence-electron chi connectivity index (χ1n) is 8.41. The van der Waals surface area contributed by atoms with Crippen LogP contribution in [0.15, 0.2) is 0 Å². The first-order valence-corrected chi connectivity index (χ1v) is 8.41. The second kappa shape index (κ2) is 5.26. The molecule has 0 amide bonds. The lowest BCUT2D eigenvalue weighted by molar-refractivity contribution is -0.0909. The van der Waals surface area contributed by atoms with E-state index < -0.39 is 0 Å². The number of nitrogens with two attached hydrogens (primary N) is 1. The minimum atomic E-state index is 0.0758. The van der Waals surface area contributed by atoms with Crippen molar-refractivity contribution in [2.75, 3.05) is 26.2 Å². The fourth-order valence-corrected chi connectivity index (χ4v) is 5.89. The summed E-state index contributed by atoms with van der Waals surface area (Å²) in [4.78, 5) is 2.61. The number of nitrogens with zero attached hydrogens (tertiary/aromatic N) is 1. The fourth-order valence-electron chi connectivity index (χ4n) is 5.89. The zero-order chi connectivity index (χ0) is 15.2. The molecule has 0 radical (unpaired) electrons. The molecule has 2 saturated carbocycles. The standard InChI is InChI=1S/C17H34N2O/c1-6-19(7-2)17(14(11-18)12-20)10-13-8-9-16(17,5)15(13,3)4/h13-14,20H,6-12,18H2,1-5H3/t13-,14-,16+,17-/m1/s1. The zero-order valence-corrected chi connectivity index (χ0v) is 14.1. The Morgan fingerprint density at radius 3 is 2.15 bits per heavy atom. The van der Waals surface area contributed by atoms with Crippen molar-refractivity contribution in [3.05, 3.63) is 0 Å². The molecule has 4 atom stereocenters. The monoisotopic (exact) mass is 282 g/mol. The second-order valence-electron chi connectivity index (χ2n) is 7.71. The van der Waals surface area contributed by atoms with Crippen LogP contribution in [0.2, 0.25) is 0 Å². The van der Waals surface area contributed by atoms with Crippen molar-refractivity contribution in [2.24, 2.45) is 28.4 Å². The number of hydrogen-bond acceptors (Lipinski definition) is 3. The maximum atomic E-state index is 10.00.